The lowest BCUT2D eigenvalue weighted by atomic mass is 10.2. The van der Waals surface area contributed by atoms with Gasteiger partial charge in [-0.25, -0.2) is 4.39 Å². The molecule has 0 N–H and O–H groups in total. The van der Waals surface area contributed by atoms with Crippen molar-refractivity contribution in [3.8, 4) is 6.07 Å². The van der Waals surface area contributed by atoms with E-state index in [1.165, 1.54) is 6.07 Å². The predicted octanol–water partition coefficient (Wildman–Crippen LogP) is 2.56. The van der Waals surface area contributed by atoms with E-state index in [0.29, 0.717) is 37.6 Å². The maximum absolute atomic E-state index is 13.7. The zero-order valence-electron chi connectivity index (χ0n) is 10.2. The van der Waals surface area contributed by atoms with Crippen molar-refractivity contribution in [2.45, 2.75) is 13.8 Å². The third kappa shape index (κ3) is 3.72. The molecule has 17 heavy (non-hydrogen) atoms. The molecular weight excluding hydrogens is 219 g/mol. The molecule has 0 unspecified atom stereocenters. The number of nitriles is 1. The average Bonchev–Trinajstić information content (AvgIpc) is 2.35. The third-order valence-electron chi connectivity index (χ3n) is 2.51. The second kappa shape index (κ2) is 6.87. The van der Waals surface area contributed by atoms with E-state index in [2.05, 4.69) is 0 Å². The molecule has 0 bridgehead atoms. The number of hydrogen-bond donors (Lipinski definition) is 0. The molecule has 4 heteroatoms. The molecule has 0 amide bonds. The van der Waals surface area contributed by atoms with E-state index in [9.17, 15) is 4.39 Å². The number of ether oxygens (including phenoxy) is 1. The van der Waals surface area contributed by atoms with Crippen LogP contribution >= 0.6 is 0 Å². The molecule has 0 fully saturated rings. The molecule has 0 spiro atoms. The van der Waals surface area contributed by atoms with Crippen molar-refractivity contribution in [2.75, 3.05) is 31.2 Å². The van der Waals surface area contributed by atoms with Crippen LogP contribution < -0.4 is 4.90 Å². The molecule has 0 aliphatic heterocycles. The van der Waals surface area contributed by atoms with Crippen molar-refractivity contribution >= 4 is 5.69 Å². The minimum absolute atomic E-state index is 0.340. The topological polar surface area (TPSA) is 36.3 Å². The second-order valence-electron chi connectivity index (χ2n) is 3.55. The van der Waals surface area contributed by atoms with Crippen molar-refractivity contribution in [1.82, 2.24) is 0 Å². The van der Waals surface area contributed by atoms with Crippen LogP contribution in [-0.2, 0) is 4.74 Å². The molecule has 0 atom stereocenters. The number of likely N-dealkylation sites (N-methyl/N-ethyl adjacent to an activating group) is 1. The number of benzene rings is 1. The molecule has 1 rings (SSSR count). The summed E-state index contributed by atoms with van der Waals surface area (Å²) in [5, 5.41) is 8.67. The van der Waals surface area contributed by atoms with Crippen LogP contribution in [0, 0.1) is 17.1 Å². The van der Waals surface area contributed by atoms with E-state index in [4.69, 9.17) is 10.00 Å². The van der Waals surface area contributed by atoms with Crippen LogP contribution in [0.15, 0.2) is 18.2 Å². The van der Waals surface area contributed by atoms with Gasteiger partial charge in [0.2, 0.25) is 0 Å². The summed E-state index contributed by atoms with van der Waals surface area (Å²) >= 11 is 0. The van der Waals surface area contributed by atoms with Gasteiger partial charge in [-0.2, -0.15) is 5.26 Å². The average molecular weight is 236 g/mol. The van der Waals surface area contributed by atoms with Crippen LogP contribution in [0.25, 0.3) is 0 Å². The first-order valence-corrected chi connectivity index (χ1v) is 5.75. The van der Waals surface area contributed by atoms with Gasteiger partial charge in [0.1, 0.15) is 5.82 Å². The highest BCUT2D eigenvalue weighted by Crippen LogP contribution is 2.20. The molecule has 0 aliphatic carbocycles. The van der Waals surface area contributed by atoms with Crippen molar-refractivity contribution in [2.24, 2.45) is 0 Å². The molecule has 0 aliphatic rings. The normalized spacial score (nSPS) is 10.0. The Kier molecular flexibility index (Phi) is 5.44. The van der Waals surface area contributed by atoms with E-state index < -0.39 is 0 Å². The third-order valence-corrected chi connectivity index (χ3v) is 2.51. The van der Waals surface area contributed by atoms with Crippen LogP contribution in [0.2, 0.25) is 0 Å². The van der Waals surface area contributed by atoms with E-state index in [1.54, 1.807) is 12.1 Å². The smallest absolute Gasteiger partial charge is 0.147 e. The fourth-order valence-corrected chi connectivity index (χ4v) is 1.60. The van der Waals surface area contributed by atoms with Crippen molar-refractivity contribution in [1.29, 1.82) is 5.26 Å². The maximum atomic E-state index is 13.7. The van der Waals surface area contributed by atoms with Gasteiger partial charge in [0.15, 0.2) is 0 Å². The first-order valence-electron chi connectivity index (χ1n) is 5.75. The lowest BCUT2D eigenvalue weighted by molar-refractivity contribution is 0.154. The van der Waals surface area contributed by atoms with Gasteiger partial charge in [0.05, 0.1) is 23.9 Å². The van der Waals surface area contributed by atoms with Crippen LogP contribution in [-0.4, -0.2) is 26.3 Å². The summed E-state index contributed by atoms with van der Waals surface area (Å²) < 4.78 is 19.0. The molecule has 0 aromatic heterocycles. The fourth-order valence-electron chi connectivity index (χ4n) is 1.60. The standard InChI is InChI=1S/C13H17FN2O/c1-3-16(7-8-17-4-2)13-6-5-11(10-15)9-12(13)14/h5-6,9H,3-4,7-8H2,1-2H3. The Morgan fingerprint density at radius 3 is 2.71 bits per heavy atom. The largest absolute Gasteiger partial charge is 0.380 e. The zero-order valence-corrected chi connectivity index (χ0v) is 10.2. The number of hydrogen-bond acceptors (Lipinski definition) is 3. The quantitative estimate of drug-likeness (QED) is 0.712. The molecule has 0 saturated carbocycles. The van der Waals surface area contributed by atoms with E-state index >= 15 is 0 Å². The van der Waals surface area contributed by atoms with Gasteiger partial charge in [-0.05, 0) is 32.0 Å². The minimum Gasteiger partial charge on any atom is -0.380 e. The Labute approximate surface area is 101 Å². The summed E-state index contributed by atoms with van der Waals surface area (Å²) in [6.07, 6.45) is 0. The SMILES string of the molecule is CCOCCN(CC)c1ccc(C#N)cc1F. The van der Waals surface area contributed by atoms with Crippen LogP contribution in [0.5, 0.6) is 0 Å². The Morgan fingerprint density at radius 1 is 1.41 bits per heavy atom. The second-order valence-corrected chi connectivity index (χ2v) is 3.55. The van der Waals surface area contributed by atoms with Crippen LogP contribution in [0.4, 0.5) is 10.1 Å². The molecule has 1 aromatic rings. The Morgan fingerprint density at radius 2 is 2.18 bits per heavy atom. The van der Waals surface area contributed by atoms with Gasteiger partial charge in [-0.1, -0.05) is 0 Å². The summed E-state index contributed by atoms with van der Waals surface area (Å²) in [5.41, 5.74) is 0.860. The Bertz CT molecular complexity index is 401. The number of anilines is 1. The van der Waals surface area contributed by atoms with Crippen LogP contribution in [0.3, 0.4) is 0 Å². The monoisotopic (exact) mass is 236 g/mol. The van der Waals surface area contributed by atoms with Gasteiger partial charge in [0.25, 0.3) is 0 Å². The summed E-state index contributed by atoms with van der Waals surface area (Å²) in [4.78, 5) is 1.89. The lowest BCUT2D eigenvalue weighted by Gasteiger charge is -2.23. The first-order chi connectivity index (χ1) is 8.22. The molecule has 92 valence electrons. The van der Waals surface area contributed by atoms with Gasteiger partial charge < -0.3 is 9.64 Å². The summed E-state index contributed by atoms with van der Waals surface area (Å²) in [5.74, 6) is -0.359. The minimum atomic E-state index is -0.359. The highest BCUT2D eigenvalue weighted by Gasteiger charge is 2.10. The molecule has 3 nitrogen and oxygen atoms in total. The Hall–Kier alpha value is -1.60. The van der Waals surface area contributed by atoms with E-state index in [0.717, 1.165) is 0 Å². The van der Waals surface area contributed by atoms with Gasteiger partial charge in [-0.3, -0.25) is 0 Å². The number of halogens is 1. The Balaban J connectivity index is 2.78. The fraction of sp³-hybridized carbons (Fsp3) is 0.462. The van der Waals surface area contributed by atoms with Crippen LogP contribution in [0.1, 0.15) is 19.4 Å². The van der Waals surface area contributed by atoms with E-state index in [1.807, 2.05) is 24.8 Å². The summed E-state index contributed by atoms with van der Waals surface area (Å²) in [6, 6.07) is 6.45. The summed E-state index contributed by atoms with van der Waals surface area (Å²) in [7, 11) is 0. The molecule has 0 heterocycles. The number of rotatable bonds is 6. The van der Waals surface area contributed by atoms with E-state index in [-0.39, 0.29) is 5.82 Å². The predicted molar refractivity (Wildman–Crippen MR) is 65.5 cm³/mol. The number of nitrogens with zero attached hydrogens (tertiary/aromatic N) is 2. The van der Waals surface area contributed by atoms with Gasteiger partial charge >= 0.3 is 0 Å². The molecule has 1 aromatic carbocycles. The lowest BCUT2D eigenvalue weighted by Crippen LogP contribution is -2.28. The zero-order chi connectivity index (χ0) is 12.7. The molecule has 0 saturated heterocycles. The molecule has 0 radical (unpaired) electrons. The first kappa shape index (κ1) is 13.5. The highest BCUT2D eigenvalue weighted by atomic mass is 19.1. The highest BCUT2D eigenvalue weighted by molar-refractivity contribution is 5.51. The summed E-state index contributed by atoms with van der Waals surface area (Å²) in [6.45, 7) is 6.47. The van der Waals surface area contributed by atoms with Crippen molar-refractivity contribution < 1.29 is 9.13 Å². The van der Waals surface area contributed by atoms with Gasteiger partial charge in [-0.15, -0.1) is 0 Å². The van der Waals surface area contributed by atoms with Crippen molar-refractivity contribution in [3.05, 3.63) is 29.6 Å². The maximum Gasteiger partial charge on any atom is 0.147 e. The van der Waals surface area contributed by atoms with Gasteiger partial charge in [0, 0.05) is 19.7 Å². The molecular formula is C13H17FN2O. The van der Waals surface area contributed by atoms with Crippen molar-refractivity contribution in [3.63, 3.8) is 0 Å².